The van der Waals surface area contributed by atoms with E-state index in [0.29, 0.717) is 13.1 Å². The molecule has 0 aliphatic carbocycles. The molecule has 5 nitrogen and oxygen atoms in total. The summed E-state index contributed by atoms with van der Waals surface area (Å²) in [4.78, 5) is 24.0. The fraction of sp³-hybridized carbons (Fsp3) is 0.136. The number of fused-ring (bicyclic) bond motifs is 5. The number of imidazole rings is 1. The van der Waals surface area contributed by atoms with Gasteiger partial charge in [-0.3, -0.25) is 9.20 Å². The Balaban J connectivity index is 1.78. The number of carbonyl (C=O) groups is 1. The monoisotopic (exact) mass is 388 g/mol. The van der Waals surface area contributed by atoms with Gasteiger partial charge in [0.2, 0.25) is 5.91 Å². The van der Waals surface area contributed by atoms with Gasteiger partial charge in [-0.25, -0.2) is 9.97 Å². The lowest BCUT2D eigenvalue weighted by Crippen LogP contribution is -2.32. The van der Waals surface area contributed by atoms with Gasteiger partial charge in [0, 0.05) is 18.5 Å². The lowest BCUT2D eigenvalue weighted by Gasteiger charge is -2.19. The van der Waals surface area contributed by atoms with E-state index in [1.807, 2.05) is 52.9 Å². The first-order chi connectivity index (χ1) is 13.7. The Kier molecular flexibility index (Phi) is 5.12. The summed E-state index contributed by atoms with van der Waals surface area (Å²) in [5.41, 5.74) is 3.62. The van der Waals surface area contributed by atoms with Gasteiger partial charge in [-0.2, -0.15) is 0 Å². The van der Waals surface area contributed by atoms with E-state index in [2.05, 4.69) is 13.2 Å². The van der Waals surface area contributed by atoms with Crippen molar-refractivity contribution in [3.8, 4) is 0 Å². The Hall–Kier alpha value is -3.12. The highest BCUT2D eigenvalue weighted by atomic mass is 32.2. The van der Waals surface area contributed by atoms with Crippen molar-refractivity contribution in [1.82, 2.24) is 19.3 Å². The predicted octanol–water partition coefficient (Wildman–Crippen LogP) is 4.33. The van der Waals surface area contributed by atoms with Crippen molar-refractivity contribution in [1.29, 1.82) is 0 Å². The first kappa shape index (κ1) is 18.3. The molecule has 0 unspecified atom stereocenters. The van der Waals surface area contributed by atoms with Crippen LogP contribution in [0.3, 0.4) is 0 Å². The van der Waals surface area contributed by atoms with Crippen LogP contribution >= 0.6 is 11.8 Å². The van der Waals surface area contributed by atoms with E-state index in [4.69, 9.17) is 9.97 Å². The van der Waals surface area contributed by atoms with Crippen LogP contribution in [0, 0.1) is 0 Å². The smallest absolute Gasteiger partial charge is 0.233 e. The molecule has 2 heterocycles. The summed E-state index contributed by atoms with van der Waals surface area (Å²) in [6.45, 7) is 8.45. The maximum absolute atomic E-state index is 12.7. The number of benzene rings is 2. The highest BCUT2D eigenvalue weighted by Crippen LogP contribution is 2.29. The van der Waals surface area contributed by atoms with E-state index in [0.717, 1.165) is 32.7 Å². The molecule has 2 aromatic heterocycles. The number of rotatable bonds is 7. The van der Waals surface area contributed by atoms with Crippen molar-refractivity contribution in [2.24, 2.45) is 0 Å². The van der Waals surface area contributed by atoms with E-state index in [1.54, 1.807) is 17.1 Å². The van der Waals surface area contributed by atoms with Crippen LogP contribution in [0.4, 0.5) is 0 Å². The molecule has 0 saturated carbocycles. The van der Waals surface area contributed by atoms with Crippen LogP contribution in [-0.4, -0.2) is 44.0 Å². The van der Waals surface area contributed by atoms with Gasteiger partial charge in [0.25, 0.3) is 0 Å². The van der Waals surface area contributed by atoms with Gasteiger partial charge in [-0.15, -0.1) is 13.2 Å². The molecule has 0 spiro atoms. The summed E-state index contributed by atoms with van der Waals surface area (Å²) in [6, 6.07) is 15.9. The maximum atomic E-state index is 12.7. The summed E-state index contributed by atoms with van der Waals surface area (Å²) in [5, 5.41) is 1.75. The molecule has 140 valence electrons. The van der Waals surface area contributed by atoms with Crippen molar-refractivity contribution in [2.45, 2.75) is 5.16 Å². The Morgan fingerprint density at radius 3 is 2.43 bits per heavy atom. The lowest BCUT2D eigenvalue weighted by molar-refractivity contribution is -0.127. The molecule has 0 radical (unpaired) electrons. The van der Waals surface area contributed by atoms with Gasteiger partial charge < -0.3 is 4.90 Å². The molecule has 1 amide bonds. The van der Waals surface area contributed by atoms with Gasteiger partial charge in [-0.05, 0) is 24.3 Å². The SMILES string of the molecule is C=CCN(CC=C)C(=O)CSc1nc2ccccc2c2nc3ccccc3n12. The number of aromatic nitrogens is 3. The third-order valence-electron chi connectivity index (χ3n) is 4.49. The second kappa shape index (κ2) is 7.86. The first-order valence-corrected chi connectivity index (χ1v) is 10.00. The number of nitrogens with zero attached hydrogens (tertiary/aromatic N) is 4. The highest BCUT2D eigenvalue weighted by Gasteiger charge is 2.17. The summed E-state index contributed by atoms with van der Waals surface area (Å²) in [6.07, 6.45) is 3.45. The van der Waals surface area contributed by atoms with Crippen molar-refractivity contribution >= 4 is 45.3 Å². The zero-order chi connectivity index (χ0) is 19.5. The van der Waals surface area contributed by atoms with E-state index >= 15 is 0 Å². The number of thioether (sulfide) groups is 1. The summed E-state index contributed by atoms with van der Waals surface area (Å²) >= 11 is 1.42. The molecule has 28 heavy (non-hydrogen) atoms. The Morgan fingerprint density at radius 1 is 1.00 bits per heavy atom. The minimum absolute atomic E-state index is 0.0253. The average Bonchev–Trinajstić information content (AvgIpc) is 3.12. The van der Waals surface area contributed by atoms with Crippen LogP contribution < -0.4 is 0 Å². The average molecular weight is 388 g/mol. The molecule has 0 bridgehead atoms. The normalized spacial score (nSPS) is 11.1. The van der Waals surface area contributed by atoms with Crippen LogP contribution in [0.1, 0.15) is 0 Å². The standard InChI is InChI=1S/C22H20N4OS/c1-3-13-25(14-4-2)20(27)15-28-22-24-17-10-6-5-9-16(17)21-23-18-11-7-8-12-19(18)26(21)22/h3-12H,1-2,13-15H2. The van der Waals surface area contributed by atoms with Crippen molar-refractivity contribution in [3.63, 3.8) is 0 Å². The van der Waals surface area contributed by atoms with Crippen LogP contribution in [0.15, 0.2) is 79.0 Å². The predicted molar refractivity (Wildman–Crippen MR) is 116 cm³/mol. The molecule has 0 atom stereocenters. The molecule has 0 saturated heterocycles. The van der Waals surface area contributed by atoms with E-state index in [-0.39, 0.29) is 11.7 Å². The Bertz CT molecular complexity index is 1190. The second-order valence-corrected chi connectivity index (χ2v) is 7.28. The van der Waals surface area contributed by atoms with Crippen LogP contribution in [0.2, 0.25) is 0 Å². The zero-order valence-electron chi connectivity index (χ0n) is 15.4. The number of carbonyl (C=O) groups excluding carboxylic acids is 1. The van der Waals surface area contributed by atoms with E-state index in [9.17, 15) is 4.79 Å². The lowest BCUT2D eigenvalue weighted by atomic mass is 10.2. The highest BCUT2D eigenvalue weighted by molar-refractivity contribution is 7.99. The Labute approximate surface area is 167 Å². The summed E-state index contributed by atoms with van der Waals surface area (Å²) in [7, 11) is 0. The molecule has 0 fully saturated rings. The Morgan fingerprint density at radius 2 is 1.68 bits per heavy atom. The van der Waals surface area contributed by atoms with E-state index in [1.165, 1.54) is 11.8 Å². The zero-order valence-corrected chi connectivity index (χ0v) is 16.2. The largest absolute Gasteiger partial charge is 0.335 e. The summed E-state index contributed by atoms with van der Waals surface area (Å²) < 4.78 is 2.04. The fourth-order valence-corrected chi connectivity index (χ4v) is 4.13. The minimum Gasteiger partial charge on any atom is -0.335 e. The molecule has 2 aromatic carbocycles. The number of amides is 1. The molecule has 4 rings (SSSR count). The molecule has 6 heteroatoms. The molecule has 0 aliphatic rings. The number of para-hydroxylation sites is 3. The number of hydrogen-bond acceptors (Lipinski definition) is 4. The topological polar surface area (TPSA) is 50.5 Å². The first-order valence-electron chi connectivity index (χ1n) is 9.01. The van der Waals surface area contributed by atoms with Crippen LogP contribution in [0.25, 0.3) is 27.6 Å². The minimum atomic E-state index is 0.0253. The quantitative estimate of drug-likeness (QED) is 0.269. The maximum Gasteiger partial charge on any atom is 0.233 e. The third-order valence-corrected chi connectivity index (χ3v) is 5.41. The molecular formula is C22H20N4OS. The number of hydrogen-bond donors (Lipinski definition) is 0. The van der Waals surface area contributed by atoms with Gasteiger partial charge >= 0.3 is 0 Å². The van der Waals surface area contributed by atoms with Crippen molar-refractivity contribution in [2.75, 3.05) is 18.8 Å². The summed E-state index contributed by atoms with van der Waals surface area (Å²) in [5.74, 6) is 0.312. The van der Waals surface area contributed by atoms with Gasteiger partial charge in [0.1, 0.15) is 5.65 Å². The van der Waals surface area contributed by atoms with Gasteiger partial charge in [0.05, 0.1) is 22.3 Å². The molecule has 0 aliphatic heterocycles. The van der Waals surface area contributed by atoms with Crippen molar-refractivity contribution < 1.29 is 4.79 Å². The fourth-order valence-electron chi connectivity index (χ4n) is 3.22. The molecule has 4 aromatic rings. The molecular weight excluding hydrogens is 368 g/mol. The second-order valence-electron chi connectivity index (χ2n) is 6.34. The van der Waals surface area contributed by atoms with E-state index < -0.39 is 0 Å². The van der Waals surface area contributed by atoms with Crippen LogP contribution in [0.5, 0.6) is 0 Å². The van der Waals surface area contributed by atoms with Crippen molar-refractivity contribution in [3.05, 3.63) is 73.8 Å². The van der Waals surface area contributed by atoms with Gasteiger partial charge in [-0.1, -0.05) is 48.2 Å². The molecule has 0 N–H and O–H groups in total. The van der Waals surface area contributed by atoms with Crippen LogP contribution in [-0.2, 0) is 4.79 Å². The third kappa shape index (κ3) is 3.27. The van der Waals surface area contributed by atoms with Gasteiger partial charge in [0.15, 0.2) is 5.16 Å².